The fourth-order valence-electron chi connectivity index (χ4n) is 5.74. The van der Waals surface area contributed by atoms with E-state index in [1.54, 1.807) is 12.1 Å². The molecule has 0 bridgehead atoms. The number of methoxy groups -OCH3 is 2. The summed E-state index contributed by atoms with van der Waals surface area (Å²) in [6, 6.07) is 16.5. The van der Waals surface area contributed by atoms with Crippen LogP contribution in [-0.2, 0) is 20.9 Å². The number of carbonyl (C=O) groups is 3. The third-order valence-electron chi connectivity index (χ3n) is 7.43. The second-order valence-electron chi connectivity index (χ2n) is 9.36. The number of rotatable bonds is 6. The fraction of sp³-hybridized carbons (Fsp3) is 0.276. The average Bonchev–Trinajstić information content (AvgIpc) is 3.58. The molecule has 3 aromatic carbocycles. The molecule has 38 heavy (non-hydrogen) atoms. The molecule has 1 aromatic heterocycles. The first-order chi connectivity index (χ1) is 18.5. The van der Waals surface area contributed by atoms with Crippen LogP contribution in [0.25, 0.3) is 21.8 Å². The number of esters is 1. The first-order valence-corrected chi connectivity index (χ1v) is 12.6. The van der Waals surface area contributed by atoms with E-state index in [0.29, 0.717) is 23.4 Å². The number of anilines is 1. The van der Waals surface area contributed by atoms with E-state index in [1.807, 2.05) is 30.3 Å². The third-order valence-corrected chi connectivity index (χ3v) is 7.43. The van der Waals surface area contributed by atoms with Crippen LogP contribution in [-0.4, -0.2) is 47.5 Å². The highest BCUT2D eigenvalue weighted by molar-refractivity contribution is 6.10. The van der Waals surface area contributed by atoms with Crippen LogP contribution < -0.4 is 14.8 Å². The van der Waals surface area contributed by atoms with Crippen molar-refractivity contribution in [3.05, 3.63) is 65.7 Å². The van der Waals surface area contributed by atoms with Gasteiger partial charge in [0.15, 0.2) is 11.5 Å². The van der Waals surface area contributed by atoms with Crippen molar-refractivity contribution in [1.82, 2.24) is 9.47 Å². The molecule has 0 saturated carbocycles. The molecule has 0 radical (unpaired) electrons. The van der Waals surface area contributed by atoms with E-state index in [4.69, 9.17) is 14.2 Å². The topological polar surface area (TPSA) is 99.1 Å². The number of ether oxygens (including phenoxy) is 3. The third kappa shape index (κ3) is 3.49. The molecule has 1 saturated heterocycles. The number of aryl methyl sites for hydroxylation is 1. The zero-order valence-electron chi connectivity index (χ0n) is 21.3. The molecule has 2 unspecified atom stereocenters. The highest BCUT2D eigenvalue weighted by atomic mass is 16.6. The largest absolute Gasteiger partial charge is 0.493 e. The number of nitrogens with zero attached hydrogens (tertiary/aromatic N) is 2. The van der Waals surface area contributed by atoms with Crippen molar-refractivity contribution in [2.45, 2.75) is 38.6 Å². The normalized spacial score (nSPS) is 18.7. The van der Waals surface area contributed by atoms with Crippen molar-refractivity contribution in [2.75, 3.05) is 19.5 Å². The van der Waals surface area contributed by atoms with Crippen molar-refractivity contribution in [3.8, 4) is 11.5 Å². The summed E-state index contributed by atoms with van der Waals surface area (Å²) in [6.45, 7) is 2.93. The number of nitrogens with one attached hydrogen (secondary N) is 1. The molecule has 9 heteroatoms. The number of aromatic nitrogens is 1. The van der Waals surface area contributed by atoms with Crippen LogP contribution in [0.3, 0.4) is 0 Å². The molecule has 194 valence electrons. The molecule has 3 heterocycles. The standard InChI is InChI=1S/C29H27N3O6/c1-4-31-20-8-6-5-7-17(20)19-15-16(9-11-21(19)31)30-27(34)22-12-14-24(33)32(22)28-18-10-13-23(36-2)26(37-3)25(18)29(35)38-28/h5-11,13,15,22,28H,4,12,14H2,1-3H3,(H,30,34). The summed E-state index contributed by atoms with van der Waals surface area (Å²) in [4.78, 5) is 40.7. The van der Waals surface area contributed by atoms with E-state index < -0.39 is 18.2 Å². The van der Waals surface area contributed by atoms with Gasteiger partial charge >= 0.3 is 5.97 Å². The predicted molar refractivity (Wildman–Crippen MR) is 141 cm³/mol. The highest BCUT2D eigenvalue weighted by Gasteiger charge is 2.47. The number of para-hydroxylation sites is 1. The number of carbonyl (C=O) groups excluding carboxylic acids is 3. The molecule has 2 atom stereocenters. The number of likely N-dealkylation sites (tertiary alicyclic amines) is 1. The molecule has 1 fully saturated rings. The van der Waals surface area contributed by atoms with Gasteiger partial charge in [-0.3, -0.25) is 14.5 Å². The van der Waals surface area contributed by atoms with Gasteiger partial charge in [-0.1, -0.05) is 18.2 Å². The minimum atomic E-state index is -1.02. The first-order valence-electron chi connectivity index (χ1n) is 12.6. The van der Waals surface area contributed by atoms with E-state index in [1.165, 1.54) is 19.1 Å². The Labute approximate surface area is 218 Å². The maximum atomic E-state index is 13.5. The summed E-state index contributed by atoms with van der Waals surface area (Å²) in [5, 5.41) is 5.14. The minimum absolute atomic E-state index is 0.178. The van der Waals surface area contributed by atoms with Crippen molar-refractivity contribution in [2.24, 2.45) is 0 Å². The van der Waals surface area contributed by atoms with E-state index >= 15 is 0 Å². The molecule has 0 spiro atoms. The Morgan fingerprint density at radius 3 is 2.58 bits per heavy atom. The molecular formula is C29H27N3O6. The van der Waals surface area contributed by atoms with Gasteiger partial charge in [-0.15, -0.1) is 0 Å². The average molecular weight is 514 g/mol. The van der Waals surface area contributed by atoms with Gasteiger partial charge in [-0.25, -0.2) is 4.79 Å². The van der Waals surface area contributed by atoms with Crippen molar-refractivity contribution < 1.29 is 28.6 Å². The van der Waals surface area contributed by atoms with E-state index in [9.17, 15) is 14.4 Å². The van der Waals surface area contributed by atoms with Gasteiger partial charge in [0.25, 0.3) is 0 Å². The Balaban J connectivity index is 1.32. The van der Waals surface area contributed by atoms with Crippen molar-refractivity contribution in [3.63, 3.8) is 0 Å². The minimum Gasteiger partial charge on any atom is -0.493 e. The molecule has 2 aliphatic heterocycles. The second-order valence-corrected chi connectivity index (χ2v) is 9.36. The SMILES string of the molecule is CCn1c2ccccc2c2cc(NC(=O)C3CCC(=O)N3C3OC(=O)c4c3ccc(OC)c4OC)ccc21. The van der Waals surface area contributed by atoms with Crippen LogP contribution in [0.1, 0.15) is 41.9 Å². The predicted octanol–water partition coefficient (Wildman–Crippen LogP) is 4.63. The molecule has 2 amide bonds. The fourth-order valence-corrected chi connectivity index (χ4v) is 5.74. The van der Waals surface area contributed by atoms with Crippen LogP contribution >= 0.6 is 0 Å². The maximum absolute atomic E-state index is 13.5. The van der Waals surface area contributed by atoms with Gasteiger partial charge in [-0.05, 0) is 49.7 Å². The number of fused-ring (bicyclic) bond motifs is 4. The van der Waals surface area contributed by atoms with Crippen LogP contribution in [0.5, 0.6) is 11.5 Å². The van der Waals surface area contributed by atoms with Crippen LogP contribution in [0.2, 0.25) is 0 Å². The number of hydrogen-bond acceptors (Lipinski definition) is 6. The second kappa shape index (κ2) is 9.09. The zero-order valence-corrected chi connectivity index (χ0v) is 21.3. The lowest BCUT2D eigenvalue weighted by Crippen LogP contribution is -2.43. The smallest absolute Gasteiger partial charge is 0.344 e. The summed E-state index contributed by atoms with van der Waals surface area (Å²) in [6.07, 6.45) is -0.524. The summed E-state index contributed by atoms with van der Waals surface area (Å²) >= 11 is 0. The molecule has 0 aliphatic carbocycles. The summed E-state index contributed by atoms with van der Waals surface area (Å²) < 4.78 is 18.6. The number of benzene rings is 3. The van der Waals surface area contributed by atoms with Gasteiger partial charge < -0.3 is 24.1 Å². The Hall–Kier alpha value is -4.53. The number of amides is 2. The molecule has 6 rings (SSSR count). The van der Waals surface area contributed by atoms with Gasteiger partial charge in [0, 0.05) is 46.0 Å². The Bertz CT molecular complexity index is 1620. The lowest BCUT2D eigenvalue weighted by Gasteiger charge is -2.29. The van der Waals surface area contributed by atoms with E-state index in [0.717, 1.165) is 28.4 Å². The highest BCUT2D eigenvalue weighted by Crippen LogP contribution is 2.45. The monoisotopic (exact) mass is 513 g/mol. The van der Waals surface area contributed by atoms with Gasteiger partial charge in [-0.2, -0.15) is 0 Å². The van der Waals surface area contributed by atoms with Crippen molar-refractivity contribution >= 4 is 45.3 Å². The van der Waals surface area contributed by atoms with Crippen molar-refractivity contribution in [1.29, 1.82) is 0 Å². The lowest BCUT2D eigenvalue weighted by atomic mass is 10.0. The quantitative estimate of drug-likeness (QED) is 0.378. The Morgan fingerprint density at radius 2 is 1.82 bits per heavy atom. The Kier molecular flexibility index (Phi) is 5.71. The molecule has 4 aromatic rings. The number of cyclic esters (lactones) is 1. The van der Waals surface area contributed by atoms with Crippen LogP contribution in [0, 0.1) is 0 Å². The number of hydrogen-bond donors (Lipinski definition) is 1. The van der Waals surface area contributed by atoms with Gasteiger partial charge in [0.1, 0.15) is 11.6 Å². The van der Waals surface area contributed by atoms with E-state index in [-0.39, 0.29) is 29.5 Å². The summed E-state index contributed by atoms with van der Waals surface area (Å²) in [5.74, 6) is -0.598. The maximum Gasteiger partial charge on any atom is 0.344 e. The van der Waals surface area contributed by atoms with Gasteiger partial charge in [0.2, 0.25) is 18.0 Å². The summed E-state index contributed by atoms with van der Waals surface area (Å²) in [7, 11) is 2.91. The summed E-state index contributed by atoms with van der Waals surface area (Å²) in [5.41, 5.74) is 3.53. The Morgan fingerprint density at radius 1 is 1.03 bits per heavy atom. The van der Waals surface area contributed by atoms with E-state index in [2.05, 4.69) is 28.9 Å². The molecule has 9 nitrogen and oxygen atoms in total. The first kappa shape index (κ1) is 23.8. The lowest BCUT2D eigenvalue weighted by molar-refractivity contribution is -0.144. The van der Waals surface area contributed by atoms with Crippen LogP contribution in [0.15, 0.2) is 54.6 Å². The molecule has 2 aliphatic rings. The molecule has 1 N–H and O–H groups in total. The molecular weight excluding hydrogens is 486 g/mol. The van der Waals surface area contributed by atoms with Gasteiger partial charge in [0.05, 0.1) is 14.2 Å². The van der Waals surface area contributed by atoms with Crippen LogP contribution in [0.4, 0.5) is 5.69 Å². The zero-order chi connectivity index (χ0) is 26.6.